The minimum atomic E-state index is -3.49. The molecule has 1 aliphatic rings. The van der Waals surface area contributed by atoms with Gasteiger partial charge in [-0.1, -0.05) is 39.1 Å². The third kappa shape index (κ3) is 3.76. The molecule has 1 heterocycles. The van der Waals surface area contributed by atoms with Gasteiger partial charge >= 0.3 is 0 Å². The molecule has 4 nitrogen and oxygen atoms in total. The molecule has 0 bridgehead atoms. The molecule has 1 unspecified atom stereocenters. The van der Waals surface area contributed by atoms with Gasteiger partial charge in [-0.2, -0.15) is 0 Å². The van der Waals surface area contributed by atoms with Crippen molar-refractivity contribution in [3.63, 3.8) is 0 Å². The summed E-state index contributed by atoms with van der Waals surface area (Å²) in [5, 5.41) is 3.15. The van der Waals surface area contributed by atoms with E-state index in [1.807, 2.05) is 0 Å². The van der Waals surface area contributed by atoms with E-state index >= 15 is 0 Å². The number of piperidine rings is 1. The molecular formula is C11H13BrCl2N2O2S. The van der Waals surface area contributed by atoms with Gasteiger partial charge in [0.15, 0.2) is 0 Å². The smallest absolute Gasteiger partial charge is 0.236 e. The van der Waals surface area contributed by atoms with E-state index in [0.29, 0.717) is 17.4 Å². The number of hydrogen-bond acceptors (Lipinski definition) is 3. The molecule has 1 atom stereocenters. The minimum absolute atomic E-state index is 0.233. The lowest BCUT2D eigenvalue weighted by atomic mass is 10.2. The Morgan fingerprint density at radius 2 is 1.95 bits per heavy atom. The summed E-state index contributed by atoms with van der Waals surface area (Å²) in [5.74, 6) is 0. The lowest BCUT2D eigenvalue weighted by Gasteiger charge is -2.24. The Balaban J connectivity index is 2.25. The fourth-order valence-corrected chi connectivity index (χ4v) is 4.85. The maximum Gasteiger partial charge on any atom is 0.236 e. The molecule has 0 spiro atoms. The Morgan fingerprint density at radius 3 is 2.47 bits per heavy atom. The molecule has 0 aromatic heterocycles. The number of hydrogen-bond donors (Lipinski definition) is 2. The van der Waals surface area contributed by atoms with Gasteiger partial charge < -0.3 is 5.32 Å². The van der Waals surface area contributed by atoms with E-state index in [4.69, 9.17) is 23.2 Å². The molecule has 0 amide bonds. The van der Waals surface area contributed by atoms with Crippen molar-refractivity contribution in [1.29, 1.82) is 0 Å². The van der Waals surface area contributed by atoms with Crippen LogP contribution in [0, 0.1) is 0 Å². The van der Waals surface area contributed by atoms with E-state index < -0.39 is 15.3 Å². The van der Waals surface area contributed by atoms with Crippen LogP contribution in [0.3, 0.4) is 0 Å². The van der Waals surface area contributed by atoms with E-state index in [-0.39, 0.29) is 15.7 Å². The van der Waals surface area contributed by atoms with Crippen LogP contribution in [0.5, 0.6) is 0 Å². The van der Waals surface area contributed by atoms with Gasteiger partial charge in [0, 0.05) is 11.0 Å². The Kier molecular flexibility index (Phi) is 5.00. The molecule has 1 aromatic carbocycles. The second-order valence-corrected chi connectivity index (χ2v) is 8.05. The number of sulfonamides is 1. The molecule has 1 aliphatic heterocycles. The summed E-state index contributed by atoms with van der Waals surface area (Å²) in [6, 6.07) is 3.20. The normalized spacial score (nSPS) is 20.3. The Hall–Kier alpha value is -0.0100. The fourth-order valence-electron chi connectivity index (χ4n) is 1.95. The number of nitrogens with one attached hydrogen (secondary N) is 2. The summed E-state index contributed by atoms with van der Waals surface area (Å²) >= 11 is 15.3. The predicted octanol–water partition coefficient (Wildman–Crippen LogP) is 3.25. The second kappa shape index (κ2) is 6.18. The van der Waals surface area contributed by atoms with E-state index in [9.17, 15) is 8.42 Å². The zero-order valence-corrected chi connectivity index (χ0v) is 13.8. The van der Waals surface area contributed by atoms with Gasteiger partial charge in [0.05, 0.1) is 21.0 Å². The zero-order chi connectivity index (χ0) is 14.0. The Morgan fingerprint density at radius 1 is 1.32 bits per heavy atom. The van der Waals surface area contributed by atoms with Crippen molar-refractivity contribution >= 4 is 54.8 Å². The van der Waals surface area contributed by atoms with Crippen molar-refractivity contribution in [2.75, 3.05) is 17.8 Å². The molecule has 0 saturated carbocycles. The lowest BCUT2D eigenvalue weighted by Crippen LogP contribution is -2.41. The average Bonchev–Trinajstić information content (AvgIpc) is 2.35. The molecule has 106 valence electrons. The lowest BCUT2D eigenvalue weighted by molar-refractivity contribution is 0.499. The summed E-state index contributed by atoms with van der Waals surface area (Å²) < 4.78 is 27.7. The molecule has 8 heteroatoms. The molecule has 19 heavy (non-hydrogen) atoms. The number of anilines is 1. The van der Waals surface area contributed by atoms with Crippen LogP contribution in [0.15, 0.2) is 16.6 Å². The average molecular weight is 388 g/mol. The van der Waals surface area contributed by atoms with Crippen LogP contribution in [0.4, 0.5) is 5.69 Å². The predicted molar refractivity (Wildman–Crippen MR) is 82.6 cm³/mol. The molecule has 1 saturated heterocycles. The third-order valence-corrected chi connectivity index (χ3v) is 5.76. The van der Waals surface area contributed by atoms with Crippen LogP contribution in [-0.2, 0) is 10.0 Å². The first kappa shape index (κ1) is 15.4. The van der Waals surface area contributed by atoms with E-state index in [1.165, 1.54) is 0 Å². The van der Waals surface area contributed by atoms with Gasteiger partial charge in [-0.05, 0) is 31.5 Å². The summed E-state index contributed by atoms with van der Waals surface area (Å²) in [4.78, 5) is 0. The topological polar surface area (TPSA) is 58.2 Å². The van der Waals surface area contributed by atoms with Gasteiger partial charge in [-0.3, -0.25) is 4.72 Å². The van der Waals surface area contributed by atoms with Crippen LogP contribution in [0.1, 0.15) is 12.8 Å². The summed E-state index contributed by atoms with van der Waals surface area (Å²) in [6.07, 6.45) is 1.47. The van der Waals surface area contributed by atoms with Crippen molar-refractivity contribution < 1.29 is 8.42 Å². The molecule has 1 fully saturated rings. The first-order chi connectivity index (χ1) is 8.90. The van der Waals surface area contributed by atoms with E-state index in [2.05, 4.69) is 26.0 Å². The molecule has 2 N–H and O–H groups in total. The largest absolute Gasteiger partial charge is 0.315 e. The second-order valence-electron chi connectivity index (χ2n) is 4.36. The summed E-state index contributed by atoms with van der Waals surface area (Å²) in [5.41, 5.74) is 0.233. The zero-order valence-electron chi connectivity index (χ0n) is 9.92. The van der Waals surface area contributed by atoms with Crippen molar-refractivity contribution in [2.45, 2.75) is 18.1 Å². The highest BCUT2D eigenvalue weighted by molar-refractivity contribution is 9.10. The van der Waals surface area contributed by atoms with Crippen molar-refractivity contribution in [3.05, 3.63) is 26.7 Å². The molecule has 0 radical (unpaired) electrons. The number of benzene rings is 1. The monoisotopic (exact) mass is 386 g/mol. The standard InChI is InChI=1S/C11H13BrCl2N2O2S/c12-7-4-9(13)11(10(14)5-7)16-19(17,18)8-2-1-3-15-6-8/h4-5,8,15-16H,1-3,6H2. The Bertz CT molecular complexity index is 551. The first-order valence-electron chi connectivity index (χ1n) is 5.77. The van der Waals surface area contributed by atoms with Crippen molar-refractivity contribution in [3.8, 4) is 0 Å². The van der Waals surface area contributed by atoms with Gasteiger partial charge in [0.2, 0.25) is 10.0 Å². The highest BCUT2D eigenvalue weighted by Crippen LogP contribution is 2.35. The summed E-state index contributed by atoms with van der Waals surface area (Å²) in [6.45, 7) is 1.30. The van der Waals surface area contributed by atoms with Crippen LogP contribution in [0.2, 0.25) is 10.0 Å². The van der Waals surface area contributed by atoms with Gasteiger partial charge in [0.1, 0.15) is 0 Å². The van der Waals surface area contributed by atoms with Crippen LogP contribution >= 0.6 is 39.1 Å². The Labute approximate surface area is 131 Å². The van der Waals surface area contributed by atoms with Crippen LogP contribution in [-0.4, -0.2) is 26.8 Å². The summed E-state index contributed by atoms with van der Waals surface area (Å²) in [7, 11) is -3.49. The fraction of sp³-hybridized carbons (Fsp3) is 0.455. The number of halogens is 3. The van der Waals surface area contributed by atoms with Gasteiger partial charge in [-0.25, -0.2) is 8.42 Å². The first-order valence-corrected chi connectivity index (χ1v) is 8.86. The number of rotatable bonds is 3. The maximum absolute atomic E-state index is 12.3. The van der Waals surface area contributed by atoms with E-state index in [1.54, 1.807) is 12.1 Å². The third-order valence-electron chi connectivity index (χ3n) is 2.94. The van der Waals surface area contributed by atoms with Gasteiger partial charge in [0.25, 0.3) is 0 Å². The van der Waals surface area contributed by atoms with Crippen LogP contribution in [0.25, 0.3) is 0 Å². The molecular weight excluding hydrogens is 375 g/mol. The van der Waals surface area contributed by atoms with E-state index in [0.717, 1.165) is 13.0 Å². The SMILES string of the molecule is O=S(=O)(Nc1c(Cl)cc(Br)cc1Cl)C1CCCNC1. The highest BCUT2D eigenvalue weighted by Gasteiger charge is 2.28. The van der Waals surface area contributed by atoms with Crippen molar-refractivity contribution in [2.24, 2.45) is 0 Å². The quantitative estimate of drug-likeness (QED) is 0.836. The molecule has 2 rings (SSSR count). The van der Waals surface area contributed by atoms with Crippen molar-refractivity contribution in [1.82, 2.24) is 5.32 Å². The molecule has 1 aromatic rings. The maximum atomic E-state index is 12.3. The highest BCUT2D eigenvalue weighted by atomic mass is 79.9. The molecule has 0 aliphatic carbocycles. The van der Waals surface area contributed by atoms with Gasteiger partial charge in [-0.15, -0.1) is 0 Å². The van der Waals surface area contributed by atoms with Crippen LogP contribution < -0.4 is 10.0 Å². The minimum Gasteiger partial charge on any atom is -0.315 e.